The van der Waals surface area contributed by atoms with E-state index in [1.165, 1.54) is 0 Å². The summed E-state index contributed by atoms with van der Waals surface area (Å²) in [7, 11) is 0. The van der Waals surface area contributed by atoms with Crippen LogP contribution >= 0.6 is 0 Å². The topological polar surface area (TPSA) is 60.0 Å². The number of likely N-dealkylation sites (tertiary alicyclic amines) is 1. The smallest absolute Gasteiger partial charge is 0.409 e. The molecule has 2 saturated heterocycles. The zero-order valence-corrected chi connectivity index (χ0v) is 12.7. The van der Waals surface area contributed by atoms with Crippen molar-refractivity contribution in [2.24, 2.45) is 0 Å². The lowest BCUT2D eigenvalue weighted by Gasteiger charge is -2.38. The number of hydrogen-bond donors (Lipinski definition) is 1. The Hall–Kier alpha value is -0.850. The summed E-state index contributed by atoms with van der Waals surface area (Å²) < 4.78 is 16.3. The van der Waals surface area contributed by atoms with Crippen molar-refractivity contribution in [3.63, 3.8) is 0 Å². The standard InChI is InChI=1S/C14H26N2O4/c1-4-18-13(17)16-7-5-11(6-8-16)15-12-9-19-14(2,3)20-10-12/h11-12,15H,4-10H2,1-3H3. The highest BCUT2D eigenvalue weighted by molar-refractivity contribution is 5.67. The minimum absolute atomic E-state index is 0.197. The van der Waals surface area contributed by atoms with Crippen molar-refractivity contribution in [1.82, 2.24) is 10.2 Å². The van der Waals surface area contributed by atoms with Crippen LogP contribution in [0.4, 0.5) is 4.79 Å². The third-order valence-electron chi connectivity index (χ3n) is 3.76. The molecule has 0 bridgehead atoms. The van der Waals surface area contributed by atoms with Gasteiger partial charge in [0.1, 0.15) is 0 Å². The molecule has 0 unspecified atom stereocenters. The molecule has 0 aliphatic carbocycles. The average molecular weight is 286 g/mol. The molecular weight excluding hydrogens is 260 g/mol. The highest BCUT2D eigenvalue weighted by atomic mass is 16.7. The fourth-order valence-corrected chi connectivity index (χ4v) is 2.57. The van der Waals surface area contributed by atoms with Gasteiger partial charge in [-0.05, 0) is 33.6 Å². The molecule has 0 aromatic heterocycles. The number of carbonyl (C=O) groups excluding carboxylic acids is 1. The van der Waals surface area contributed by atoms with E-state index in [1.807, 2.05) is 20.8 Å². The van der Waals surface area contributed by atoms with Crippen LogP contribution in [0.3, 0.4) is 0 Å². The van der Waals surface area contributed by atoms with Crippen LogP contribution in [0, 0.1) is 0 Å². The maximum atomic E-state index is 11.6. The number of piperidine rings is 1. The van der Waals surface area contributed by atoms with E-state index in [1.54, 1.807) is 4.90 Å². The molecule has 0 radical (unpaired) electrons. The molecule has 2 aliphatic rings. The summed E-state index contributed by atoms with van der Waals surface area (Å²) >= 11 is 0. The summed E-state index contributed by atoms with van der Waals surface area (Å²) in [6, 6.07) is 0.654. The summed E-state index contributed by atoms with van der Waals surface area (Å²) in [4.78, 5) is 13.4. The summed E-state index contributed by atoms with van der Waals surface area (Å²) in [5.41, 5.74) is 0. The first-order valence-electron chi connectivity index (χ1n) is 7.46. The van der Waals surface area contributed by atoms with Crippen LogP contribution in [-0.2, 0) is 14.2 Å². The van der Waals surface area contributed by atoms with Crippen LogP contribution in [0.1, 0.15) is 33.6 Å². The Balaban J connectivity index is 1.68. The Bertz CT molecular complexity index is 317. The molecule has 0 aromatic carbocycles. The molecule has 6 nitrogen and oxygen atoms in total. The summed E-state index contributed by atoms with van der Waals surface area (Å²) in [5.74, 6) is -0.467. The van der Waals surface area contributed by atoms with Gasteiger partial charge < -0.3 is 24.4 Å². The number of rotatable bonds is 3. The Morgan fingerprint density at radius 2 is 1.85 bits per heavy atom. The molecule has 0 spiro atoms. The number of carbonyl (C=O) groups is 1. The van der Waals surface area contributed by atoms with E-state index >= 15 is 0 Å². The molecule has 2 heterocycles. The van der Waals surface area contributed by atoms with Crippen LogP contribution in [0.2, 0.25) is 0 Å². The van der Waals surface area contributed by atoms with Crippen LogP contribution in [0.25, 0.3) is 0 Å². The number of nitrogens with zero attached hydrogens (tertiary/aromatic N) is 1. The van der Waals surface area contributed by atoms with Gasteiger partial charge in [0.25, 0.3) is 0 Å². The summed E-state index contributed by atoms with van der Waals surface area (Å²) in [6.45, 7) is 8.96. The SMILES string of the molecule is CCOC(=O)N1CCC(NC2COC(C)(C)OC2)CC1. The van der Waals surface area contributed by atoms with Crippen LogP contribution in [0.5, 0.6) is 0 Å². The van der Waals surface area contributed by atoms with Crippen molar-refractivity contribution in [2.75, 3.05) is 32.9 Å². The van der Waals surface area contributed by atoms with Gasteiger partial charge in [0.2, 0.25) is 0 Å². The molecule has 0 atom stereocenters. The van der Waals surface area contributed by atoms with E-state index in [0.717, 1.165) is 25.9 Å². The normalized spacial score (nSPS) is 24.6. The number of hydrogen-bond acceptors (Lipinski definition) is 5. The first-order valence-corrected chi connectivity index (χ1v) is 7.46. The molecule has 2 fully saturated rings. The fourth-order valence-electron chi connectivity index (χ4n) is 2.57. The van der Waals surface area contributed by atoms with E-state index < -0.39 is 5.79 Å². The molecule has 6 heteroatoms. The lowest BCUT2D eigenvalue weighted by molar-refractivity contribution is -0.253. The quantitative estimate of drug-likeness (QED) is 0.848. The molecule has 0 saturated carbocycles. The van der Waals surface area contributed by atoms with Crippen LogP contribution < -0.4 is 5.32 Å². The molecule has 116 valence electrons. The minimum atomic E-state index is -0.467. The Kier molecular flexibility index (Phi) is 5.23. The van der Waals surface area contributed by atoms with Crippen molar-refractivity contribution >= 4 is 6.09 Å². The van der Waals surface area contributed by atoms with Crippen molar-refractivity contribution in [1.29, 1.82) is 0 Å². The second-order valence-electron chi connectivity index (χ2n) is 5.85. The van der Waals surface area contributed by atoms with Crippen LogP contribution in [0.15, 0.2) is 0 Å². The zero-order valence-electron chi connectivity index (χ0n) is 12.7. The van der Waals surface area contributed by atoms with Gasteiger partial charge in [0.05, 0.1) is 25.9 Å². The fraction of sp³-hybridized carbons (Fsp3) is 0.929. The Morgan fingerprint density at radius 1 is 1.25 bits per heavy atom. The Labute approximate surface area is 120 Å². The molecule has 20 heavy (non-hydrogen) atoms. The third kappa shape index (κ3) is 4.33. The number of amides is 1. The number of nitrogens with one attached hydrogen (secondary N) is 1. The van der Waals surface area contributed by atoms with Gasteiger partial charge in [-0.2, -0.15) is 0 Å². The van der Waals surface area contributed by atoms with Gasteiger partial charge >= 0.3 is 6.09 Å². The molecular formula is C14H26N2O4. The van der Waals surface area contributed by atoms with E-state index in [-0.39, 0.29) is 12.1 Å². The van der Waals surface area contributed by atoms with Gasteiger partial charge in [-0.25, -0.2) is 4.79 Å². The maximum Gasteiger partial charge on any atom is 0.409 e. The first kappa shape index (κ1) is 15.5. The van der Waals surface area contributed by atoms with Crippen molar-refractivity contribution in [3.05, 3.63) is 0 Å². The lowest BCUT2D eigenvalue weighted by Crippen LogP contribution is -2.54. The molecule has 1 N–H and O–H groups in total. The van der Waals surface area contributed by atoms with Gasteiger partial charge in [-0.1, -0.05) is 0 Å². The predicted octanol–water partition coefficient (Wildman–Crippen LogP) is 1.35. The average Bonchev–Trinajstić information content (AvgIpc) is 2.42. The van der Waals surface area contributed by atoms with Crippen molar-refractivity contribution in [2.45, 2.75) is 51.5 Å². The second kappa shape index (κ2) is 6.74. The molecule has 1 amide bonds. The maximum absolute atomic E-state index is 11.6. The predicted molar refractivity (Wildman–Crippen MR) is 74.5 cm³/mol. The monoisotopic (exact) mass is 286 g/mol. The van der Waals surface area contributed by atoms with Crippen LogP contribution in [-0.4, -0.2) is 61.8 Å². The third-order valence-corrected chi connectivity index (χ3v) is 3.76. The molecule has 2 rings (SSSR count). The van der Waals surface area contributed by atoms with E-state index in [9.17, 15) is 4.79 Å². The van der Waals surface area contributed by atoms with Gasteiger partial charge in [-0.3, -0.25) is 0 Å². The lowest BCUT2D eigenvalue weighted by atomic mass is 10.0. The van der Waals surface area contributed by atoms with Gasteiger partial charge in [0, 0.05) is 19.1 Å². The van der Waals surface area contributed by atoms with E-state index in [0.29, 0.717) is 25.9 Å². The summed E-state index contributed by atoms with van der Waals surface area (Å²) in [5, 5.41) is 3.56. The summed E-state index contributed by atoms with van der Waals surface area (Å²) in [6.07, 6.45) is 1.69. The van der Waals surface area contributed by atoms with Crippen molar-refractivity contribution < 1.29 is 19.0 Å². The minimum Gasteiger partial charge on any atom is -0.450 e. The number of ether oxygens (including phenoxy) is 3. The Morgan fingerprint density at radius 3 is 2.40 bits per heavy atom. The molecule has 0 aromatic rings. The first-order chi connectivity index (χ1) is 9.50. The van der Waals surface area contributed by atoms with Gasteiger partial charge in [-0.15, -0.1) is 0 Å². The highest BCUT2D eigenvalue weighted by Crippen LogP contribution is 2.19. The van der Waals surface area contributed by atoms with Gasteiger partial charge in [0.15, 0.2) is 5.79 Å². The van der Waals surface area contributed by atoms with E-state index in [4.69, 9.17) is 14.2 Å². The zero-order chi connectivity index (χ0) is 14.6. The molecule has 2 aliphatic heterocycles. The largest absolute Gasteiger partial charge is 0.450 e. The highest BCUT2D eigenvalue weighted by Gasteiger charge is 2.31. The van der Waals surface area contributed by atoms with E-state index in [2.05, 4.69) is 5.32 Å². The second-order valence-corrected chi connectivity index (χ2v) is 5.85. The van der Waals surface area contributed by atoms with Crippen molar-refractivity contribution in [3.8, 4) is 0 Å².